The summed E-state index contributed by atoms with van der Waals surface area (Å²) >= 11 is 0. The minimum absolute atomic E-state index is 0.342. The van der Waals surface area contributed by atoms with Crippen molar-refractivity contribution in [3.63, 3.8) is 0 Å². The summed E-state index contributed by atoms with van der Waals surface area (Å²) in [5, 5.41) is 0. The van der Waals surface area contributed by atoms with E-state index in [4.69, 9.17) is 0 Å². The van der Waals surface area contributed by atoms with Gasteiger partial charge in [0.1, 0.15) is 0 Å². The Labute approximate surface area is 192 Å². The van der Waals surface area contributed by atoms with Crippen LogP contribution in [0.4, 0.5) is 5.69 Å². The maximum absolute atomic E-state index is 13.1. The lowest BCUT2D eigenvalue weighted by molar-refractivity contribution is 0.0926. The van der Waals surface area contributed by atoms with E-state index in [1.165, 1.54) is 4.90 Å². The van der Waals surface area contributed by atoms with E-state index in [9.17, 15) is 9.59 Å². The number of benzene rings is 4. The van der Waals surface area contributed by atoms with Crippen LogP contribution < -0.4 is 4.90 Å². The molecule has 0 saturated carbocycles. The molecule has 154 valence electrons. The van der Waals surface area contributed by atoms with Crippen LogP contribution >= 0.6 is 0 Å². The molecule has 1 heterocycles. The zero-order valence-electron chi connectivity index (χ0n) is 17.6. The third-order valence-corrected chi connectivity index (χ3v) is 5.24. The summed E-state index contributed by atoms with van der Waals surface area (Å²) < 4.78 is 0. The molecule has 0 atom stereocenters. The van der Waals surface area contributed by atoms with Gasteiger partial charge >= 0.3 is 0 Å². The molecule has 0 bridgehead atoms. The maximum atomic E-state index is 13.1. The number of carbonyl (C=O) groups is 2. The summed E-state index contributed by atoms with van der Waals surface area (Å²) in [5.41, 5.74) is 4.43. The number of nitrogens with zero attached hydrogens (tertiary/aromatic N) is 1. The third-order valence-electron chi connectivity index (χ3n) is 5.24. The number of fused-ring (bicyclic) bond motifs is 1. The van der Waals surface area contributed by atoms with Gasteiger partial charge in [-0.1, -0.05) is 66.1 Å². The number of hydrogen-bond acceptors (Lipinski definition) is 2. The quantitative estimate of drug-likeness (QED) is 0.308. The molecule has 0 spiro atoms. The van der Waals surface area contributed by atoms with Crippen molar-refractivity contribution in [2.45, 2.75) is 0 Å². The molecule has 0 aliphatic carbocycles. The number of imide groups is 1. The Hall–Kier alpha value is -4.86. The molecule has 4 aromatic rings. The zero-order chi connectivity index (χ0) is 22.6. The lowest BCUT2D eigenvalue weighted by Crippen LogP contribution is -2.29. The molecule has 0 N–H and O–H groups in total. The normalized spacial score (nSPS) is 11.8. The lowest BCUT2D eigenvalue weighted by atomic mass is 10.1. The lowest BCUT2D eigenvalue weighted by Gasteiger charge is -2.14. The minimum atomic E-state index is -0.355. The Morgan fingerprint density at radius 1 is 0.455 bits per heavy atom. The number of rotatable bonds is 1. The predicted octanol–water partition coefficient (Wildman–Crippen LogP) is 5.29. The number of anilines is 1. The van der Waals surface area contributed by atoms with Gasteiger partial charge in [-0.3, -0.25) is 9.59 Å². The van der Waals surface area contributed by atoms with Crippen LogP contribution in [0.1, 0.15) is 43.0 Å². The van der Waals surface area contributed by atoms with E-state index in [-0.39, 0.29) is 11.8 Å². The highest BCUT2D eigenvalue weighted by Gasteiger charge is 2.36. The van der Waals surface area contributed by atoms with E-state index in [2.05, 4.69) is 23.7 Å². The SMILES string of the molecule is O=C1c2ccc(C#Cc3ccccc3)cc2C(=O)N1c1cccc(C#Cc2ccccc2)c1. The fourth-order valence-electron chi connectivity index (χ4n) is 3.61. The highest BCUT2D eigenvalue weighted by Crippen LogP contribution is 2.29. The van der Waals surface area contributed by atoms with Gasteiger partial charge in [-0.15, -0.1) is 0 Å². The Morgan fingerprint density at radius 3 is 1.61 bits per heavy atom. The standard InChI is InChI=1S/C30H17NO2/c32-29-27-19-18-25(17-15-23-10-5-2-6-11-23)21-28(27)30(33)31(29)26-13-7-12-24(20-26)16-14-22-8-3-1-4-9-22/h1-13,18-21H. The molecule has 33 heavy (non-hydrogen) atoms. The van der Waals surface area contributed by atoms with Crippen LogP contribution in [0.2, 0.25) is 0 Å². The third kappa shape index (κ3) is 4.17. The van der Waals surface area contributed by atoms with Gasteiger partial charge < -0.3 is 0 Å². The maximum Gasteiger partial charge on any atom is 0.266 e. The zero-order valence-corrected chi connectivity index (χ0v) is 17.6. The van der Waals surface area contributed by atoms with Crippen LogP contribution in [0.5, 0.6) is 0 Å². The average Bonchev–Trinajstić information content (AvgIpc) is 3.12. The van der Waals surface area contributed by atoms with Crippen molar-refractivity contribution in [1.29, 1.82) is 0 Å². The van der Waals surface area contributed by atoms with E-state index in [1.54, 1.807) is 36.4 Å². The number of hydrogen-bond donors (Lipinski definition) is 0. The molecule has 0 radical (unpaired) electrons. The van der Waals surface area contributed by atoms with Gasteiger partial charge in [-0.2, -0.15) is 0 Å². The van der Waals surface area contributed by atoms with Gasteiger partial charge in [0.25, 0.3) is 11.8 Å². The Bertz CT molecular complexity index is 1500. The Morgan fingerprint density at radius 2 is 0.970 bits per heavy atom. The van der Waals surface area contributed by atoms with Crippen molar-refractivity contribution in [3.05, 3.63) is 137 Å². The fourth-order valence-corrected chi connectivity index (χ4v) is 3.61. The molecule has 1 aliphatic heterocycles. The number of amides is 2. The second-order valence-electron chi connectivity index (χ2n) is 7.49. The van der Waals surface area contributed by atoms with Crippen molar-refractivity contribution < 1.29 is 9.59 Å². The van der Waals surface area contributed by atoms with Gasteiger partial charge in [-0.25, -0.2) is 4.90 Å². The largest absolute Gasteiger partial charge is 0.268 e. The molecular weight excluding hydrogens is 406 g/mol. The molecule has 3 nitrogen and oxygen atoms in total. The first-order chi connectivity index (χ1) is 16.2. The molecular formula is C30H17NO2. The minimum Gasteiger partial charge on any atom is -0.268 e. The van der Waals surface area contributed by atoms with Crippen molar-refractivity contribution >= 4 is 17.5 Å². The van der Waals surface area contributed by atoms with Crippen molar-refractivity contribution in [3.8, 4) is 23.7 Å². The first kappa shape index (κ1) is 20.1. The van der Waals surface area contributed by atoms with Gasteiger partial charge in [0.05, 0.1) is 16.8 Å². The summed E-state index contributed by atoms with van der Waals surface area (Å²) in [6.07, 6.45) is 0. The van der Waals surface area contributed by atoms with E-state index in [1.807, 2.05) is 66.7 Å². The molecule has 4 aromatic carbocycles. The second kappa shape index (κ2) is 8.71. The van der Waals surface area contributed by atoms with Crippen molar-refractivity contribution in [1.82, 2.24) is 0 Å². The van der Waals surface area contributed by atoms with Crippen LogP contribution in [0.25, 0.3) is 0 Å². The monoisotopic (exact) mass is 423 g/mol. The number of carbonyl (C=O) groups excluding carboxylic acids is 2. The molecule has 0 aromatic heterocycles. The molecule has 0 unspecified atom stereocenters. The molecule has 2 amide bonds. The van der Waals surface area contributed by atoms with Gasteiger partial charge in [0, 0.05) is 22.3 Å². The first-order valence-corrected chi connectivity index (χ1v) is 10.5. The smallest absolute Gasteiger partial charge is 0.266 e. The van der Waals surface area contributed by atoms with Crippen LogP contribution in [0.15, 0.2) is 103 Å². The Kier molecular flexibility index (Phi) is 5.30. The molecule has 0 fully saturated rings. The Balaban J connectivity index is 1.43. The fraction of sp³-hybridized carbons (Fsp3) is 0. The van der Waals surface area contributed by atoms with E-state index < -0.39 is 0 Å². The molecule has 5 rings (SSSR count). The van der Waals surface area contributed by atoms with E-state index in [0.717, 1.165) is 16.7 Å². The highest BCUT2D eigenvalue weighted by molar-refractivity contribution is 6.34. The first-order valence-electron chi connectivity index (χ1n) is 10.5. The molecule has 3 heteroatoms. The topological polar surface area (TPSA) is 37.4 Å². The second-order valence-corrected chi connectivity index (χ2v) is 7.49. The summed E-state index contributed by atoms with van der Waals surface area (Å²) in [6, 6.07) is 31.5. The van der Waals surface area contributed by atoms with Crippen molar-refractivity contribution in [2.75, 3.05) is 4.90 Å². The summed E-state index contributed by atoms with van der Waals surface area (Å²) in [7, 11) is 0. The van der Waals surface area contributed by atoms with E-state index in [0.29, 0.717) is 22.4 Å². The van der Waals surface area contributed by atoms with Gasteiger partial charge in [0.2, 0.25) is 0 Å². The van der Waals surface area contributed by atoms with Gasteiger partial charge in [-0.05, 0) is 60.7 Å². The average molecular weight is 423 g/mol. The van der Waals surface area contributed by atoms with Crippen LogP contribution in [0, 0.1) is 23.7 Å². The van der Waals surface area contributed by atoms with Crippen molar-refractivity contribution in [2.24, 2.45) is 0 Å². The van der Waals surface area contributed by atoms with Crippen LogP contribution in [0.3, 0.4) is 0 Å². The van der Waals surface area contributed by atoms with Gasteiger partial charge in [0.15, 0.2) is 0 Å². The molecule has 0 saturated heterocycles. The van der Waals surface area contributed by atoms with Crippen LogP contribution in [-0.4, -0.2) is 11.8 Å². The van der Waals surface area contributed by atoms with E-state index >= 15 is 0 Å². The predicted molar refractivity (Wildman–Crippen MR) is 129 cm³/mol. The molecule has 1 aliphatic rings. The highest BCUT2D eigenvalue weighted by atomic mass is 16.2. The summed E-state index contributed by atoms with van der Waals surface area (Å²) in [5.74, 6) is 11.7. The summed E-state index contributed by atoms with van der Waals surface area (Å²) in [4.78, 5) is 27.4. The summed E-state index contributed by atoms with van der Waals surface area (Å²) in [6.45, 7) is 0. The van der Waals surface area contributed by atoms with Crippen LogP contribution in [-0.2, 0) is 0 Å².